The van der Waals surface area contributed by atoms with E-state index in [1.807, 2.05) is 12.1 Å². The van der Waals surface area contributed by atoms with Crippen molar-refractivity contribution >= 4 is 45.2 Å². The Morgan fingerprint density at radius 2 is 1.76 bits per heavy atom. The van der Waals surface area contributed by atoms with Crippen LogP contribution in [0.1, 0.15) is 49.5 Å². The van der Waals surface area contributed by atoms with Crippen LogP contribution in [0.25, 0.3) is 0 Å². The highest BCUT2D eigenvalue weighted by atomic mass is 79.9. The van der Waals surface area contributed by atoms with Crippen molar-refractivity contribution in [2.24, 2.45) is 0 Å². The number of rotatable bonds is 8. The van der Waals surface area contributed by atoms with E-state index in [2.05, 4.69) is 31.5 Å². The van der Waals surface area contributed by atoms with Gasteiger partial charge in [0.05, 0.1) is 16.7 Å². The number of carbonyl (C=O) groups is 4. The number of halogens is 1. The molecular formula is C25H21BrN4O4. The Morgan fingerprint density at radius 3 is 2.56 bits per heavy atom. The topological polar surface area (TPSA) is 108 Å². The highest BCUT2D eigenvalue weighted by Crippen LogP contribution is 2.26. The van der Waals surface area contributed by atoms with Gasteiger partial charge in [0, 0.05) is 42.1 Å². The third-order valence-corrected chi connectivity index (χ3v) is 5.88. The summed E-state index contributed by atoms with van der Waals surface area (Å²) in [5, 5.41) is 5.67. The molecule has 1 aliphatic rings. The van der Waals surface area contributed by atoms with Gasteiger partial charge in [-0.15, -0.1) is 0 Å². The van der Waals surface area contributed by atoms with Crippen molar-refractivity contribution in [1.82, 2.24) is 15.2 Å². The van der Waals surface area contributed by atoms with Crippen LogP contribution in [0.4, 0.5) is 5.69 Å². The van der Waals surface area contributed by atoms with Crippen LogP contribution >= 0.6 is 15.9 Å². The summed E-state index contributed by atoms with van der Waals surface area (Å²) in [5.41, 5.74) is 2.52. The van der Waals surface area contributed by atoms with Gasteiger partial charge in [-0.1, -0.05) is 34.1 Å². The summed E-state index contributed by atoms with van der Waals surface area (Å²) >= 11 is 3.31. The van der Waals surface area contributed by atoms with Gasteiger partial charge < -0.3 is 10.6 Å². The second kappa shape index (κ2) is 10.4. The number of pyridine rings is 1. The number of hydrogen-bond acceptors (Lipinski definition) is 5. The SMILES string of the molecule is O=C(CCCN1C(=O)c2ccc(Br)cc2C1=O)NCc1ccccc1NC(=O)c1cccnc1. The fourth-order valence-corrected chi connectivity index (χ4v) is 3.99. The highest BCUT2D eigenvalue weighted by Gasteiger charge is 2.35. The van der Waals surface area contributed by atoms with E-state index in [0.717, 1.165) is 10.0 Å². The predicted octanol–water partition coefficient (Wildman–Crippen LogP) is 3.79. The molecule has 0 saturated carbocycles. The van der Waals surface area contributed by atoms with Gasteiger partial charge in [-0.25, -0.2) is 0 Å². The maximum absolute atomic E-state index is 12.5. The van der Waals surface area contributed by atoms with Crippen LogP contribution in [0.3, 0.4) is 0 Å². The number of benzene rings is 2. The number of hydrogen-bond donors (Lipinski definition) is 2. The molecule has 0 spiro atoms. The summed E-state index contributed by atoms with van der Waals surface area (Å²) in [6, 6.07) is 15.5. The normalized spacial score (nSPS) is 12.4. The highest BCUT2D eigenvalue weighted by molar-refractivity contribution is 9.10. The van der Waals surface area contributed by atoms with Crippen LogP contribution in [0.2, 0.25) is 0 Å². The quantitative estimate of drug-likeness (QED) is 0.439. The number of carbonyl (C=O) groups excluding carboxylic acids is 4. The standard InChI is InChI=1S/C25H21BrN4O4/c26-18-9-10-19-20(13-18)25(34)30(24(19)33)12-4-8-22(31)28-15-16-5-1-2-7-21(16)29-23(32)17-6-3-11-27-14-17/h1-3,5-7,9-11,13-14H,4,8,12,15H2,(H,28,31)(H,29,32). The molecule has 2 aromatic carbocycles. The zero-order valence-electron chi connectivity index (χ0n) is 18.1. The lowest BCUT2D eigenvalue weighted by atomic mass is 10.1. The van der Waals surface area contributed by atoms with Crippen LogP contribution in [0.5, 0.6) is 0 Å². The average molecular weight is 521 g/mol. The molecule has 0 aliphatic carbocycles. The zero-order valence-corrected chi connectivity index (χ0v) is 19.7. The lowest BCUT2D eigenvalue weighted by Gasteiger charge is -2.14. The molecule has 0 radical (unpaired) electrons. The molecule has 172 valence electrons. The lowest BCUT2D eigenvalue weighted by molar-refractivity contribution is -0.121. The number of amides is 4. The Bertz CT molecular complexity index is 1260. The Balaban J connectivity index is 1.28. The first kappa shape index (κ1) is 23.3. The van der Waals surface area contributed by atoms with Gasteiger partial charge in [0.1, 0.15) is 0 Å². The second-order valence-corrected chi connectivity index (χ2v) is 8.60. The molecule has 34 heavy (non-hydrogen) atoms. The van der Waals surface area contributed by atoms with Crippen molar-refractivity contribution in [3.63, 3.8) is 0 Å². The van der Waals surface area contributed by atoms with Crippen LogP contribution in [-0.2, 0) is 11.3 Å². The van der Waals surface area contributed by atoms with E-state index >= 15 is 0 Å². The van der Waals surface area contributed by atoms with Gasteiger partial charge in [0.15, 0.2) is 0 Å². The number of anilines is 1. The Labute approximate surface area is 204 Å². The predicted molar refractivity (Wildman–Crippen MR) is 129 cm³/mol. The van der Waals surface area contributed by atoms with Gasteiger partial charge >= 0.3 is 0 Å². The average Bonchev–Trinajstić information content (AvgIpc) is 3.08. The monoisotopic (exact) mass is 520 g/mol. The maximum atomic E-state index is 12.5. The molecule has 2 heterocycles. The van der Waals surface area contributed by atoms with Gasteiger partial charge in [-0.05, 0) is 48.4 Å². The van der Waals surface area contributed by atoms with Crippen molar-refractivity contribution in [3.05, 3.63) is 93.7 Å². The van der Waals surface area contributed by atoms with Gasteiger partial charge in [-0.2, -0.15) is 0 Å². The summed E-state index contributed by atoms with van der Waals surface area (Å²) in [5.74, 6) is -1.20. The van der Waals surface area contributed by atoms with Crippen LogP contribution in [0, 0.1) is 0 Å². The van der Waals surface area contributed by atoms with Crippen molar-refractivity contribution in [2.75, 3.05) is 11.9 Å². The fourth-order valence-electron chi connectivity index (χ4n) is 3.63. The molecule has 9 heteroatoms. The number of nitrogens with one attached hydrogen (secondary N) is 2. The first-order valence-electron chi connectivity index (χ1n) is 10.7. The molecular weight excluding hydrogens is 500 g/mol. The molecule has 0 unspecified atom stereocenters. The Hall–Kier alpha value is -3.85. The number of aromatic nitrogens is 1. The number of nitrogens with zero attached hydrogens (tertiary/aromatic N) is 2. The molecule has 8 nitrogen and oxygen atoms in total. The second-order valence-electron chi connectivity index (χ2n) is 7.69. The van der Waals surface area contributed by atoms with Gasteiger partial charge in [0.25, 0.3) is 17.7 Å². The van der Waals surface area contributed by atoms with Crippen molar-refractivity contribution in [3.8, 4) is 0 Å². The number of imide groups is 1. The molecule has 2 N–H and O–H groups in total. The third kappa shape index (κ3) is 5.20. The van der Waals surface area contributed by atoms with E-state index in [4.69, 9.17) is 0 Å². The Morgan fingerprint density at radius 1 is 0.971 bits per heavy atom. The zero-order chi connectivity index (χ0) is 24.1. The van der Waals surface area contributed by atoms with E-state index in [1.54, 1.807) is 48.7 Å². The fraction of sp³-hybridized carbons (Fsp3) is 0.160. The maximum Gasteiger partial charge on any atom is 0.261 e. The summed E-state index contributed by atoms with van der Waals surface area (Å²) in [6.45, 7) is 0.387. The number of fused-ring (bicyclic) bond motifs is 1. The molecule has 0 fully saturated rings. The minimum absolute atomic E-state index is 0.154. The van der Waals surface area contributed by atoms with Gasteiger partial charge in [-0.3, -0.25) is 29.1 Å². The molecule has 0 bridgehead atoms. The smallest absolute Gasteiger partial charge is 0.261 e. The van der Waals surface area contributed by atoms with E-state index in [9.17, 15) is 19.2 Å². The molecule has 4 rings (SSSR count). The molecule has 0 saturated heterocycles. The van der Waals surface area contributed by atoms with Gasteiger partial charge in [0.2, 0.25) is 5.91 Å². The summed E-state index contributed by atoms with van der Waals surface area (Å²) in [4.78, 5) is 54.9. The van der Waals surface area contributed by atoms with Crippen LogP contribution < -0.4 is 10.6 Å². The molecule has 1 aromatic heterocycles. The molecule has 3 aromatic rings. The molecule has 4 amide bonds. The van der Waals surface area contributed by atoms with Crippen molar-refractivity contribution < 1.29 is 19.2 Å². The van der Waals surface area contributed by atoms with E-state index in [-0.39, 0.29) is 43.1 Å². The summed E-state index contributed by atoms with van der Waals surface area (Å²) < 4.78 is 0.727. The molecule has 0 atom stereocenters. The third-order valence-electron chi connectivity index (χ3n) is 5.38. The van der Waals surface area contributed by atoms with E-state index in [1.165, 1.54) is 11.1 Å². The van der Waals surface area contributed by atoms with Crippen LogP contribution in [-0.4, -0.2) is 40.1 Å². The number of para-hydroxylation sites is 1. The first-order chi connectivity index (χ1) is 16.4. The first-order valence-corrected chi connectivity index (χ1v) is 11.4. The largest absolute Gasteiger partial charge is 0.352 e. The summed E-state index contributed by atoms with van der Waals surface area (Å²) in [7, 11) is 0. The van der Waals surface area contributed by atoms with E-state index < -0.39 is 0 Å². The van der Waals surface area contributed by atoms with Crippen molar-refractivity contribution in [2.45, 2.75) is 19.4 Å². The minimum Gasteiger partial charge on any atom is -0.352 e. The lowest BCUT2D eigenvalue weighted by Crippen LogP contribution is -2.32. The Kier molecular flexibility index (Phi) is 7.12. The summed E-state index contributed by atoms with van der Waals surface area (Å²) in [6.07, 6.45) is 3.57. The van der Waals surface area contributed by atoms with Crippen molar-refractivity contribution in [1.29, 1.82) is 0 Å². The van der Waals surface area contributed by atoms with Crippen LogP contribution in [0.15, 0.2) is 71.5 Å². The van der Waals surface area contributed by atoms with E-state index in [0.29, 0.717) is 28.8 Å². The molecule has 1 aliphatic heterocycles. The minimum atomic E-state index is -0.347.